The molecule has 1 aromatic rings. The smallest absolute Gasteiger partial charge is 0.321 e. The van der Waals surface area contributed by atoms with Crippen LogP contribution in [-0.2, 0) is 14.8 Å². The lowest BCUT2D eigenvalue weighted by atomic mass is 10.1. The number of nitro benzene ring substituents is 1. The molecule has 9 heteroatoms. The Hall–Kier alpha value is -2.00. The number of benzene rings is 1. The number of nitro groups is 1. The molecule has 1 atom stereocenters. The van der Waals surface area contributed by atoms with Gasteiger partial charge in [0.2, 0.25) is 10.0 Å². The molecule has 0 heterocycles. The van der Waals surface area contributed by atoms with Crippen LogP contribution in [0.3, 0.4) is 0 Å². The van der Waals surface area contributed by atoms with Crippen molar-refractivity contribution in [3.63, 3.8) is 0 Å². The molecule has 2 N–H and O–H groups in total. The molecule has 0 aromatic heterocycles. The molecule has 128 valence electrons. The summed E-state index contributed by atoms with van der Waals surface area (Å²) in [6.07, 6.45) is 0.113. The number of hydrogen-bond donors (Lipinski definition) is 2. The van der Waals surface area contributed by atoms with E-state index < -0.39 is 27.0 Å². The lowest BCUT2D eigenvalue weighted by Gasteiger charge is -2.18. The van der Waals surface area contributed by atoms with Gasteiger partial charge in [0.15, 0.2) is 0 Å². The molecule has 0 radical (unpaired) electrons. The number of nitrogens with one attached hydrogen (secondary N) is 1. The van der Waals surface area contributed by atoms with E-state index in [9.17, 15) is 23.3 Å². The minimum Gasteiger partial charge on any atom is -0.480 e. The van der Waals surface area contributed by atoms with Crippen molar-refractivity contribution in [3.05, 3.63) is 33.4 Å². The van der Waals surface area contributed by atoms with Crippen molar-refractivity contribution in [2.45, 2.75) is 45.1 Å². The minimum absolute atomic E-state index is 0.0354. The van der Waals surface area contributed by atoms with Gasteiger partial charge in [0, 0.05) is 12.1 Å². The molecule has 0 aliphatic carbocycles. The summed E-state index contributed by atoms with van der Waals surface area (Å²) in [6.45, 7) is 6.62. The average molecular weight is 344 g/mol. The second kappa shape index (κ2) is 7.05. The van der Waals surface area contributed by atoms with Gasteiger partial charge in [-0.1, -0.05) is 13.8 Å². The van der Waals surface area contributed by atoms with E-state index >= 15 is 0 Å². The highest BCUT2D eigenvalue weighted by molar-refractivity contribution is 7.89. The molecule has 23 heavy (non-hydrogen) atoms. The number of aliphatic carboxylic acids is 1. The topological polar surface area (TPSA) is 127 Å². The Morgan fingerprint density at radius 2 is 1.91 bits per heavy atom. The third kappa shape index (κ3) is 4.73. The third-order valence-corrected chi connectivity index (χ3v) is 5.01. The Labute approximate surface area is 134 Å². The molecule has 1 aromatic carbocycles. The molecule has 0 unspecified atom stereocenters. The Bertz CT molecular complexity index is 727. The summed E-state index contributed by atoms with van der Waals surface area (Å²) < 4.78 is 27.1. The first-order valence-corrected chi connectivity index (χ1v) is 8.44. The number of aryl methyl sites for hydroxylation is 1. The van der Waals surface area contributed by atoms with Crippen LogP contribution >= 0.6 is 0 Å². The van der Waals surface area contributed by atoms with Gasteiger partial charge in [-0.25, -0.2) is 8.42 Å². The zero-order valence-electron chi connectivity index (χ0n) is 13.4. The SMILES string of the molecule is Cc1cc([N+](=O)[O-])cc(S(=O)(=O)N[C@@H](CC(C)C)C(=O)O)c1C. The lowest BCUT2D eigenvalue weighted by molar-refractivity contribution is -0.385. The van der Waals surface area contributed by atoms with E-state index in [2.05, 4.69) is 4.72 Å². The molecule has 0 aliphatic rings. The predicted octanol–water partition coefficient (Wildman–Crippen LogP) is 1.99. The first kappa shape index (κ1) is 19.0. The van der Waals surface area contributed by atoms with Crippen LogP contribution in [0.4, 0.5) is 5.69 Å². The summed E-state index contributed by atoms with van der Waals surface area (Å²) in [7, 11) is -4.19. The molecule has 8 nitrogen and oxygen atoms in total. The largest absolute Gasteiger partial charge is 0.480 e. The van der Waals surface area contributed by atoms with Crippen molar-refractivity contribution >= 4 is 21.7 Å². The van der Waals surface area contributed by atoms with Crippen LogP contribution in [0.25, 0.3) is 0 Å². The van der Waals surface area contributed by atoms with Crippen molar-refractivity contribution in [3.8, 4) is 0 Å². The maximum atomic E-state index is 12.5. The Morgan fingerprint density at radius 1 is 1.35 bits per heavy atom. The Kier molecular flexibility index (Phi) is 5.84. The zero-order chi connectivity index (χ0) is 17.9. The Morgan fingerprint density at radius 3 is 2.35 bits per heavy atom. The number of sulfonamides is 1. The normalized spacial score (nSPS) is 13.1. The van der Waals surface area contributed by atoms with E-state index in [1.54, 1.807) is 20.8 Å². The van der Waals surface area contributed by atoms with E-state index in [-0.39, 0.29) is 22.9 Å². The third-order valence-electron chi connectivity index (χ3n) is 3.41. The second-order valence-corrected chi connectivity index (χ2v) is 7.47. The summed E-state index contributed by atoms with van der Waals surface area (Å²) in [5.41, 5.74) is 0.427. The number of carboxylic acids is 1. The highest BCUT2D eigenvalue weighted by Gasteiger charge is 2.29. The van der Waals surface area contributed by atoms with Gasteiger partial charge in [-0.3, -0.25) is 14.9 Å². The lowest BCUT2D eigenvalue weighted by Crippen LogP contribution is -2.41. The van der Waals surface area contributed by atoms with Crippen molar-refractivity contribution in [2.75, 3.05) is 0 Å². The molecule has 0 bridgehead atoms. The number of non-ortho nitro benzene ring substituents is 1. The van der Waals surface area contributed by atoms with Crippen molar-refractivity contribution in [1.82, 2.24) is 4.72 Å². The van der Waals surface area contributed by atoms with Crippen LogP contribution < -0.4 is 4.72 Å². The van der Waals surface area contributed by atoms with E-state index in [1.165, 1.54) is 13.0 Å². The molecule has 1 rings (SSSR count). The van der Waals surface area contributed by atoms with Gasteiger partial charge < -0.3 is 5.11 Å². The van der Waals surface area contributed by atoms with Crippen LogP contribution in [-0.4, -0.2) is 30.5 Å². The predicted molar refractivity (Wildman–Crippen MR) is 83.8 cm³/mol. The van der Waals surface area contributed by atoms with Gasteiger partial charge in [-0.15, -0.1) is 0 Å². The summed E-state index contributed by atoms with van der Waals surface area (Å²) in [5, 5.41) is 20.1. The van der Waals surface area contributed by atoms with Crippen molar-refractivity contribution < 1.29 is 23.2 Å². The van der Waals surface area contributed by atoms with E-state index in [1.807, 2.05) is 0 Å². The summed E-state index contributed by atoms with van der Waals surface area (Å²) in [5.74, 6) is -1.33. The number of hydrogen-bond acceptors (Lipinski definition) is 5. The summed E-state index contributed by atoms with van der Waals surface area (Å²) in [4.78, 5) is 21.2. The molecular weight excluding hydrogens is 324 g/mol. The van der Waals surface area contributed by atoms with Gasteiger partial charge in [0.25, 0.3) is 5.69 Å². The van der Waals surface area contributed by atoms with Gasteiger partial charge in [0.1, 0.15) is 6.04 Å². The monoisotopic (exact) mass is 344 g/mol. The Balaban J connectivity index is 3.32. The van der Waals surface area contributed by atoms with E-state index in [4.69, 9.17) is 5.11 Å². The van der Waals surface area contributed by atoms with Gasteiger partial charge in [-0.2, -0.15) is 4.72 Å². The molecule has 0 aliphatic heterocycles. The first-order valence-electron chi connectivity index (χ1n) is 6.96. The minimum atomic E-state index is -4.19. The maximum Gasteiger partial charge on any atom is 0.321 e. The molecule has 0 fully saturated rings. The van der Waals surface area contributed by atoms with E-state index in [0.29, 0.717) is 11.1 Å². The molecule has 0 saturated heterocycles. The van der Waals surface area contributed by atoms with Gasteiger partial charge in [0.05, 0.1) is 9.82 Å². The molecular formula is C14H20N2O6S. The second-order valence-electron chi connectivity index (χ2n) is 5.78. The number of rotatable bonds is 7. The van der Waals surface area contributed by atoms with E-state index in [0.717, 1.165) is 6.07 Å². The summed E-state index contributed by atoms with van der Waals surface area (Å²) in [6, 6.07) is 0.926. The van der Waals surface area contributed by atoms with Crippen LogP contribution in [0.2, 0.25) is 0 Å². The van der Waals surface area contributed by atoms with Crippen LogP contribution in [0.15, 0.2) is 17.0 Å². The molecule has 0 saturated carbocycles. The molecule has 0 spiro atoms. The fourth-order valence-corrected chi connectivity index (χ4v) is 3.65. The molecule has 0 amide bonds. The van der Waals surface area contributed by atoms with Crippen molar-refractivity contribution in [1.29, 1.82) is 0 Å². The number of carbonyl (C=O) groups is 1. The van der Waals surface area contributed by atoms with Crippen molar-refractivity contribution in [2.24, 2.45) is 5.92 Å². The highest BCUT2D eigenvalue weighted by Crippen LogP contribution is 2.25. The van der Waals surface area contributed by atoms with Crippen LogP contribution in [0.1, 0.15) is 31.4 Å². The quantitative estimate of drug-likeness (QED) is 0.575. The van der Waals surface area contributed by atoms with Gasteiger partial charge in [-0.05, 0) is 37.3 Å². The van der Waals surface area contributed by atoms with Crippen LogP contribution in [0, 0.1) is 29.9 Å². The highest BCUT2D eigenvalue weighted by atomic mass is 32.2. The van der Waals surface area contributed by atoms with Gasteiger partial charge >= 0.3 is 5.97 Å². The van der Waals surface area contributed by atoms with Crippen LogP contribution in [0.5, 0.6) is 0 Å². The fourth-order valence-electron chi connectivity index (χ4n) is 2.11. The number of nitrogens with zero attached hydrogens (tertiary/aromatic N) is 1. The first-order chi connectivity index (χ1) is 10.5. The number of carboxylic acid groups (broad SMARTS) is 1. The fraction of sp³-hybridized carbons (Fsp3) is 0.500. The maximum absolute atomic E-state index is 12.5. The zero-order valence-corrected chi connectivity index (χ0v) is 14.2. The summed E-state index contributed by atoms with van der Waals surface area (Å²) >= 11 is 0. The standard InChI is InChI=1S/C14H20N2O6S/c1-8(2)5-12(14(17)18)15-23(21,22)13-7-11(16(19)20)6-9(3)10(13)4/h6-8,12,15H,5H2,1-4H3,(H,17,18)/t12-/m0/s1. The average Bonchev–Trinajstić information content (AvgIpc) is 2.39.